The van der Waals surface area contributed by atoms with Gasteiger partial charge in [-0.05, 0) is 19.3 Å². The van der Waals surface area contributed by atoms with Gasteiger partial charge in [0.1, 0.15) is 11.6 Å². The van der Waals surface area contributed by atoms with E-state index < -0.39 is 32.8 Å². The van der Waals surface area contributed by atoms with Crippen molar-refractivity contribution in [1.29, 1.82) is 0 Å². The number of hydrogen-bond acceptors (Lipinski definition) is 11. The molecule has 0 bridgehead atoms. The van der Waals surface area contributed by atoms with Crippen LogP contribution in [0.3, 0.4) is 0 Å². The largest absolute Gasteiger partial charge is 0.473 e. The second-order valence-electron chi connectivity index (χ2n) is 9.74. The first-order valence-electron chi connectivity index (χ1n) is 12.3. The SMILES string of the molecule is C=CC1CC1(NCC(=O)[C@@H]1CC(Oc2ccnc(N3CCOCC3)n2)CN1)C(=O)NS(=O)(=O)C1CC1. The van der Waals surface area contributed by atoms with Gasteiger partial charge < -0.3 is 19.7 Å². The van der Waals surface area contributed by atoms with Crippen molar-refractivity contribution in [3.8, 4) is 5.88 Å². The normalized spacial score (nSPS) is 30.0. The topological polar surface area (TPSA) is 152 Å². The number of aromatic nitrogens is 2. The summed E-state index contributed by atoms with van der Waals surface area (Å²) >= 11 is 0. The van der Waals surface area contributed by atoms with Crippen LogP contribution in [0.5, 0.6) is 5.88 Å². The van der Waals surface area contributed by atoms with E-state index in [1.165, 1.54) is 0 Å². The van der Waals surface area contributed by atoms with Gasteiger partial charge in [0.15, 0.2) is 5.78 Å². The van der Waals surface area contributed by atoms with Gasteiger partial charge in [0.2, 0.25) is 21.9 Å². The molecular weight excluding hydrogens is 488 g/mol. The van der Waals surface area contributed by atoms with Crippen molar-refractivity contribution < 1.29 is 27.5 Å². The maximum atomic E-state index is 12.9. The Bertz CT molecular complexity index is 1120. The highest BCUT2D eigenvalue weighted by molar-refractivity contribution is 7.91. The Labute approximate surface area is 210 Å². The number of carbonyl (C=O) groups is 2. The summed E-state index contributed by atoms with van der Waals surface area (Å²) in [5.74, 6) is 0.0684. The monoisotopic (exact) mass is 520 g/mol. The average Bonchev–Trinajstić information content (AvgIpc) is 3.80. The molecule has 196 valence electrons. The van der Waals surface area contributed by atoms with Crippen LogP contribution in [0.1, 0.15) is 25.7 Å². The second-order valence-corrected chi connectivity index (χ2v) is 11.7. The Morgan fingerprint density at radius 2 is 2.11 bits per heavy atom. The number of nitrogens with one attached hydrogen (secondary N) is 3. The summed E-state index contributed by atoms with van der Waals surface area (Å²) in [6.07, 6.45) is 5.01. The number of anilines is 1. The molecule has 12 nitrogen and oxygen atoms in total. The maximum absolute atomic E-state index is 12.9. The van der Waals surface area contributed by atoms with Gasteiger partial charge in [0.25, 0.3) is 5.91 Å². The minimum atomic E-state index is -3.67. The molecule has 2 saturated heterocycles. The third-order valence-electron chi connectivity index (χ3n) is 7.16. The summed E-state index contributed by atoms with van der Waals surface area (Å²) < 4.78 is 38.0. The summed E-state index contributed by atoms with van der Waals surface area (Å²) in [7, 11) is -3.67. The first-order valence-corrected chi connectivity index (χ1v) is 13.9. The number of ketones is 1. The van der Waals surface area contributed by atoms with Crippen molar-refractivity contribution in [3.05, 3.63) is 24.9 Å². The van der Waals surface area contributed by atoms with E-state index in [4.69, 9.17) is 9.47 Å². The summed E-state index contributed by atoms with van der Waals surface area (Å²) in [6, 6.07) is 1.25. The predicted molar refractivity (Wildman–Crippen MR) is 130 cm³/mol. The van der Waals surface area contributed by atoms with Crippen LogP contribution in [0.25, 0.3) is 0 Å². The van der Waals surface area contributed by atoms with E-state index in [1.54, 1.807) is 18.3 Å². The molecule has 4 atom stereocenters. The van der Waals surface area contributed by atoms with E-state index in [2.05, 4.69) is 31.9 Å². The Morgan fingerprint density at radius 3 is 2.81 bits per heavy atom. The van der Waals surface area contributed by atoms with Gasteiger partial charge in [-0.3, -0.25) is 19.6 Å². The summed E-state index contributed by atoms with van der Waals surface area (Å²) in [5.41, 5.74) is -1.12. The lowest BCUT2D eigenvalue weighted by atomic mass is 10.1. The minimum absolute atomic E-state index is 0.0691. The van der Waals surface area contributed by atoms with Crippen LogP contribution < -0.4 is 25.0 Å². The molecule has 3 heterocycles. The lowest BCUT2D eigenvalue weighted by molar-refractivity contribution is -0.123. The molecule has 2 saturated carbocycles. The summed E-state index contributed by atoms with van der Waals surface area (Å²) in [4.78, 5) is 36.6. The highest BCUT2D eigenvalue weighted by Crippen LogP contribution is 2.45. The Kier molecular flexibility index (Phi) is 6.99. The highest BCUT2D eigenvalue weighted by atomic mass is 32.2. The number of carbonyl (C=O) groups excluding carboxylic acids is 2. The summed E-state index contributed by atoms with van der Waals surface area (Å²) in [6.45, 7) is 6.84. The number of amides is 1. The summed E-state index contributed by atoms with van der Waals surface area (Å²) in [5, 5.41) is 5.70. The van der Waals surface area contributed by atoms with E-state index in [0.717, 1.165) is 13.1 Å². The Balaban J connectivity index is 1.13. The smallest absolute Gasteiger partial charge is 0.254 e. The van der Waals surface area contributed by atoms with Gasteiger partial charge in [-0.25, -0.2) is 13.4 Å². The fraction of sp³-hybridized carbons (Fsp3) is 0.652. The molecule has 4 fully saturated rings. The van der Waals surface area contributed by atoms with Gasteiger partial charge in [0.05, 0.1) is 31.1 Å². The molecule has 13 heteroatoms. The molecule has 0 aromatic carbocycles. The average molecular weight is 521 g/mol. The van der Waals surface area contributed by atoms with E-state index in [1.807, 2.05) is 4.90 Å². The fourth-order valence-corrected chi connectivity index (χ4v) is 6.05. The maximum Gasteiger partial charge on any atom is 0.254 e. The zero-order valence-corrected chi connectivity index (χ0v) is 20.8. The van der Waals surface area contributed by atoms with E-state index in [9.17, 15) is 18.0 Å². The van der Waals surface area contributed by atoms with Crippen LogP contribution >= 0.6 is 0 Å². The molecule has 1 aromatic heterocycles. The van der Waals surface area contributed by atoms with Gasteiger partial charge in [-0.1, -0.05) is 6.08 Å². The zero-order chi connectivity index (χ0) is 25.3. The number of nitrogens with zero attached hydrogens (tertiary/aromatic N) is 3. The fourth-order valence-electron chi connectivity index (χ4n) is 4.69. The molecule has 3 unspecified atom stereocenters. The lowest BCUT2D eigenvalue weighted by Crippen LogP contribution is -2.53. The molecule has 0 radical (unpaired) electrons. The Hall–Kier alpha value is -2.61. The number of morpholine rings is 1. The number of rotatable bonds is 11. The molecule has 5 rings (SSSR count). The number of hydrogen-bond donors (Lipinski definition) is 3. The molecule has 0 spiro atoms. The highest BCUT2D eigenvalue weighted by Gasteiger charge is 2.59. The zero-order valence-electron chi connectivity index (χ0n) is 20.0. The van der Waals surface area contributed by atoms with E-state index in [-0.39, 0.29) is 24.3 Å². The molecule has 2 aliphatic carbocycles. The van der Waals surface area contributed by atoms with Crippen LogP contribution in [0.2, 0.25) is 0 Å². The van der Waals surface area contributed by atoms with Gasteiger partial charge in [-0.15, -0.1) is 6.58 Å². The molecule has 3 N–H and O–H groups in total. The van der Waals surface area contributed by atoms with Crippen LogP contribution in [0.15, 0.2) is 24.9 Å². The molecule has 2 aliphatic heterocycles. The van der Waals surface area contributed by atoms with Crippen molar-refractivity contribution in [2.24, 2.45) is 5.92 Å². The second kappa shape index (κ2) is 10.0. The lowest BCUT2D eigenvalue weighted by Gasteiger charge is -2.26. The standard InChI is InChI=1S/C23H32N6O6S/c1-2-15-12-23(15,21(31)28-36(32,33)17-3-4-17)26-14-19(30)18-11-16(13-25-18)35-20-5-6-24-22(27-20)29-7-9-34-10-8-29/h2,5-6,15-18,25-26H,1,3-4,7-14H2,(H,28,31)/t15?,16?,18-,23?/m0/s1. The number of Topliss-reactive ketones (excluding diaryl/α,β-unsaturated/α-hetero) is 1. The third kappa shape index (κ3) is 5.38. The van der Waals surface area contributed by atoms with Crippen LogP contribution in [-0.2, 0) is 24.3 Å². The molecule has 1 aromatic rings. The molecule has 36 heavy (non-hydrogen) atoms. The molecule has 1 amide bonds. The Morgan fingerprint density at radius 1 is 1.33 bits per heavy atom. The van der Waals surface area contributed by atoms with Crippen LogP contribution in [0.4, 0.5) is 5.95 Å². The van der Waals surface area contributed by atoms with Gasteiger partial charge >= 0.3 is 0 Å². The molecular formula is C23H32N6O6S. The number of sulfonamides is 1. The minimum Gasteiger partial charge on any atom is -0.473 e. The third-order valence-corrected chi connectivity index (χ3v) is 8.98. The van der Waals surface area contributed by atoms with E-state index >= 15 is 0 Å². The van der Waals surface area contributed by atoms with Crippen molar-refractivity contribution in [3.63, 3.8) is 0 Å². The van der Waals surface area contributed by atoms with Crippen LogP contribution in [0, 0.1) is 5.92 Å². The van der Waals surface area contributed by atoms with Crippen molar-refractivity contribution in [2.75, 3.05) is 44.3 Å². The van der Waals surface area contributed by atoms with Crippen molar-refractivity contribution in [1.82, 2.24) is 25.3 Å². The quantitative estimate of drug-likeness (QED) is 0.312. The number of ether oxygens (including phenoxy) is 2. The van der Waals surface area contributed by atoms with Gasteiger partial charge in [0, 0.05) is 44.2 Å². The van der Waals surface area contributed by atoms with Crippen molar-refractivity contribution in [2.45, 2.75) is 48.6 Å². The predicted octanol–water partition coefficient (Wildman–Crippen LogP) is -0.866. The molecule has 4 aliphatic rings. The van der Waals surface area contributed by atoms with Gasteiger partial charge in [-0.2, -0.15) is 4.98 Å². The first kappa shape index (κ1) is 25.1. The van der Waals surface area contributed by atoms with E-state index in [0.29, 0.717) is 57.3 Å². The first-order chi connectivity index (χ1) is 17.3. The van der Waals surface area contributed by atoms with Crippen LogP contribution in [-0.4, -0.2) is 92.4 Å². The van der Waals surface area contributed by atoms with Crippen molar-refractivity contribution >= 4 is 27.7 Å².